The summed E-state index contributed by atoms with van der Waals surface area (Å²) in [6.45, 7) is 0.651. The zero-order valence-electron chi connectivity index (χ0n) is 9.96. The number of hydrogen-bond acceptors (Lipinski definition) is 3. The molecule has 2 N–H and O–H groups in total. The van der Waals surface area contributed by atoms with Crippen LogP contribution < -0.4 is 5.73 Å². The van der Waals surface area contributed by atoms with Crippen molar-refractivity contribution in [2.75, 3.05) is 18.5 Å². The lowest BCUT2D eigenvalue weighted by molar-refractivity contribution is 0.389. The van der Waals surface area contributed by atoms with E-state index in [1.165, 1.54) is 6.26 Å². The molecule has 0 aromatic heterocycles. The molecule has 1 atom stereocenters. The van der Waals surface area contributed by atoms with E-state index >= 15 is 0 Å². The van der Waals surface area contributed by atoms with Crippen molar-refractivity contribution < 1.29 is 8.42 Å². The number of benzene rings is 1. The number of nitrogens with zero attached hydrogens (tertiary/aromatic N) is 1. The Morgan fingerprint density at radius 2 is 2.00 bits per heavy atom. The van der Waals surface area contributed by atoms with E-state index in [-0.39, 0.29) is 6.04 Å². The van der Waals surface area contributed by atoms with Gasteiger partial charge in [-0.25, -0.2) is 8.42 Å². The van der Waals surface area contributed by atoms with Crippen LogP contribution in [0.3, 0.4) is 0 Å². The fourth-order valence-electron chi connectivity index (χ4n) is 2.38. The molecule has 1 heterocycles. The summed E-state index contributed by atoms with van der Waals surface area (Å²) in [7, 11) is -3.07. The van der Waals surface area contributed by atoms with Crippen LogP contribution in [0.4, 0.5) is 5.69 Å². The van der Waals surface area contributed by atoms with Crippen LogP contribution in [0.15, 0.2) is 24.3 Å². The molecule has 17 heavy (non-hydrogen) atoms. The van der Waals surface area contributed by atoms with Gasteiger partial charge in [-0.05, 0) is 37.0 Å². The summed E-state index contributed by atoms with van der Waals surface area (Å²) in [5.41, 5.74) is 7.50. The zero-order chi connectivity index (χ0) is 12.5. The molecule has 0 bridgehead atoms. The van der Waals surface area contributed by atoms with Crippen molar-refractivity contribution in [1.29, 1.82) is 0 Å². The Bertz CT molecular complexity index is 482. The Morgan fingerprint density at radius 1 is 1.35 bits per heavy atom. The first-order valence-electron chi connectivity index (χ1n) is 5.78. The minimum atomic E-state index is -3.07. The number of nitrogens with two attached hydrogens (primary N) is 1. The third-order valence-electron chi connectivity index (χ3n) is 3.20. The third kappa shape index (κ3) is 2.98. The standard InChI is InChI=1S/C12H18N2O2S/c1-17(15,16)14-8-2-3-12(14)9-10-4-6-11(13)7-5-10/h4-7,12H,2-3,8-9,13H2,1H3. The predicted molar refractivity (Wildman–Crippen MR) is 69.1 cm³/mol. The molecule has 94 valence electrons. The van der Waals surface area contributed by atoms with Gasteiger partial charge >= 0.3 is 0 Å². The quantitative estimate of drug-likeness (QED) is 0.825. The summed E-state index contributed by atoms with van der Waals surface area (Å²) >= 11 is 0. The molecule has 5 heteroatoms. The minimum absolute atomic E-state index is 0.105. The van der Waals surface area contributed by atoms with Crippen LogP contribution in [-0.2, 0) is 16.4 Å². The van der Waals surface area contributed by atoms with E-state index in [1.54, 1.807) is 4.31 Å². The van der Waals surface area contributed by atoms with E-state index in [0.29, 0.717) is 6.54 Å². The fraction of sp³-hybridized carbons (Fsp3) is 0.500. The summed E-state index contributed by atoms with van der Waals surface area (Å²) < 4.78 is 24.8. The highest BCUT2D eigenvalue weighted by atomic mass is 32.2. The first-order valence-corrected chi connectivity index (χ1v) is 7.63. The van der Waals surface area contributed by atoms with Crippen molar-refractivity contribution in [3.63, 3.8) is 0 Å². The highest BCUT2D eigenvalue weighted by Crippen LogP contribution is 2.23. The van der Waals surface area contributed by atoms with Crippen LogP contribution in [0.1, 0.15) is 18.4 Å². The van der Waals surface area contributed by atoms with Crippen molar-refractivity contribution in [3.8, 4) is 0 Å². The first-order chi connectivity index (χ1) is 7.97. The van der Waals surface area contributed by atoms with Gasteiger partial charge in [-0.3, -0.25) is 0 Å². The maximum absolute atomic E-state index is 11.6. The molecule has 1 aliphatic rings. The van der Waals surface area contributed by atoms with Gasteiger partial charge < -0.3 is 5.73 Å². The molecule has 0 radical (unpaired) electrons. The molecule has 0 saturated carbocycles. The van der Waals surface area contributed by atoms with Crippen molar-refractivity contribution in [3.05, 3.63) is 29.8 Å². The van der Waals surface area contributed by atoms with Gasteiger partial charge in [0.05, 0.1) is 6.26 Å². The lowest BCUT2D eigenvalue weighted by Crippen LogP contribution is -2.35. The highest BCUT2D eigenvalue weighted by Gasteiger charge is 2.31. The lowest BCUT2D eigenvalue weighted by atomic mass is 10.0. The molecule has 2 rings (SSSR count). The lowest BCUT2D eigenvalue weighted by Gasteiger charge is -2.22. The minimum Gasteiger partial charge on any atom is -0.399 e. The molecule has 1 unspecified atom stereocenters. The molecular weight excluding hydrogens is 236 g/mol. The molecular formula is C12H18N2O2S. The molecule has 1 saturated heterocycles. The van der Waals surface area contributed by atoms with Gasteiger partial charge in [0, 0.05) is 18.3 Å². The average Bonchev–Trinajstić information content (AvgIpc) is 2.69. The van der Waals surface area contributed by atoms with E-state index in [4.69, 9.17) is 5.73 Å². The number of nitrogen functional groups attached to an aromatic ring is 1. The summed E-state index contributed by atoms with van der Waals surface area (Å²) in [6.07, 6.45) is 3.95. The Hall–Kier alpha value is -1.07. The molecule has 1 aromatic carbocycles. The van der Waals surface area contributed by atoms with Crippen LogP contribution >= 0.6 is 0 Å². The molecule has 0 aliphatic carbocycles. The second-order valence-corrected chi connectivity index (χ2v) is 6.55. The van der Waals surface area contributed by atoms with Gasteiger partial charge in [0.15, 0.2) is 0 Å². The van der Waals surface area contributed by atoms with Gasteiger partial charge in [0.2, 0.25) is 10.0 Å². The molecule has 1 fully saturated rings. The smallest absolute Gasteiger partial charge is 0.211 e. The molecule has 1 aliphatic heterocycles. The van der Waals surface area contributed by atoms with Crippen molar-refractivity contribution in [2.45, 2.75) is 25.3 Å². The Kier molecular flexibility index (Phi) is 3.40. The fourth-order valence-corrected chi connectivity index (χ4v) is 3.56. The van der Waals surface area contributed by atoms with E-state index in [9.17, 15) is 8.42 Å². The van der Waals surface area contributed by atoms with Crippen LogP contribution in [0.2, 0.25) is 0 Å². The van der Waals surface area contributed by atoms with E-state index in [0.717, 1.165) is 30.5 Å². The van der Waals surface area contributed by atoms with Crippen LogP contribution in [-0.4, -0.2) is 31.6 Å². The number of anilines is 1. The van der Waals surface area contributed by atoms with Gasteiger partial charge in [0.25, 0.3) is 0 Å². The summed E-state index contributed by atoms with van der Waals surface area (Å²) in [4.78, 5) is 0. The van der Waals surface area contributed by atoms with Crippen LogP contribution in [0.25, 0.3) is 0 Å². The predicted octanol–water partition coefficient (Wildman–Crippen LogP) is 1.24. The summed E-state index contributed by atoms with van der Waals surface area (Å²) in [6, 6.07) is 7.75. The Balaban J connectivity index is 2.11. The number of hydrogen-bond donors (Lipinski definition) is 1. The summed E-state index contributed by atoms with van der Waals surface area (Å²) in [5.74, 6) is 0. The van der Waals surface area contributed by atoms with Gasteiger partial charge in [-0.1, -0.05) is 12.1 Å². The SMILES string of the molecule is CS(=O)(=O)N1CCCC1Cc1ccc(N)cc1. The topological polar surface area (TPSA) is 63.4 Å². The monoisotopic (exact) mass is 254 g/mol. The van der Waals surface area contributed by atoms with E-state index < -0.39 is 10.0 Å². The third-order valence-corrected chi connectivity index (χ3v) is 4.53. The Morgan fingerprint density at radius 3 is 2.59 bits per heavy atom. The van der Waals surface area contributed by atoms with Crippen molar-refractivity contribution in [1.82, 2.24) is 4.31 Å². The van der Waals surface area contributed by atoms with E-state index in [1.807, 2.05) is 24.3 Å². The van der Waals surface area contributed by atoms with E-state index in [2.05, 4.69) is 0 Å². The number of sulfonamides is 1. The normalized spacial score (nSPS) is 21.8. The van der Waals surface area contributed by atoms with Gasteiger partial charge in [-0.2, -0.15) is 4.31 Å². The van der Waals surface area contributed by atoms with Gasteiger partial charge in [0.1, 0.15) is 0 Å². The maximum Gasteiger partial charge on any atom is 0.211 e. The molecule has 0 spiro atoms. The number of rotatable bonds is 3. The highest BCUT2D eigenvalue weighted by molar-refractivity contribution is 7.88. The second kappa shape index (κ2) is 4.66. The summed E-state index contributed by atoms with van der Waals surface area (Å²) in [5, 5.41) is 0. The van der Waals surface area contributed by atoms with Gasteiger partial charge in [-0.15, -0.1) is 0 Å². The first kappa shape index (κ1) is 12.4. The maximum atomic E-state index is 11.6. The second-order valence-electron chi connectivity index (χ2n) is 4.62. The van der Waals surface area contributed by atoms with Crippen LogP contribution in [0.5, 0.6) is 0 Å². The Labute approximate surface area is 102 Å². The largest absolute Gasteiger partial charge is 0.399 e. The van der Waals surface area contributed by atoms with Crippen molar-refractivity contribution >= 4 is 15.7 Å². The average molecular weight is 254 g/mol. The van der Waals surface area contributed by atoms with Crippen LogP contribution in [0, 0.1) is 0 Å². The molecule has 1 aromatic rings. The zero-order valence-corrected chi connectivity index (χ0v) is 10.8. The molecule has 4 nitrogen and oxygen atoms in total. The van der Waals surface area contributed by atoms with Crippen molar-refractivity contribution in [2.24, 2.45) is 0 Å². The molecule has 0 amide bonds.